The molecular formula is C13H25N3O4S. The Balaban J connectivity index is 1.94. The van der Waals surface area contributed by atoms with Gasteiger partial charge in [0.15, 0.2) is 0 Å². The van der Waals surface area contributed by atoms with Gasteiger partial charge in [-0.1, -0.05) is 13.8 Å². The van der Waals surface area contributed by atoms with Crippen molar-refractivity contribution in [1.29, 1.82) is 0 Å². The summed E-state index contributed by atoms with van der Waals surface area (Å²) in [5.41, 5.74) is 0. The molecule has 2 saturated heterocycles. The topological polar surface area (TPSA) is 79.0 Å². The van der Waals surface area contributed by atoms with Crippen LogP contribution in [0.15, 0.2) is 0 Å². The normalized spacial score (nSPS) is 25.3. The highest BCUT2D eigenvalue weighted by Crippen LogP contribution is 2.15. The molecule has 7 nitrogen and oxygen atoms in total. The Morgan fingerprint density at radius 3 is 2.52 bits per heavy atom. The Kier molecular flexibility index (Phi) is 5.59. The largest absolute Gasteiger partial charge is 0.379 e. The number of piperidine rings is 1. The third-order valence-electron chi connectivity index (χ3n) is 3.85. The first kappa shape index (κ1) is 16.7. The lowest BCUT2D eigenvalue weighted by atomic mass is 10.0. The van der Waals surface area contributed by atoms with Crippen molar-refractivity contribution in [3.8, 4) is 0 Å². The SMILES string of the molecule is CC(C)C(=O)N1CCCC(NS(=O)(=O)N2CCOCC2)C1. The van der Waals surface area contributed by atoms with Gasteiger partial charge in [-0.3, -0.25) is 4.79 Å². The summed E-state index contributed by atoms with van der Waals surface area (Å²) in [6, 6.07) is -0.200. The third-order valence-corrected chi connectivity index (χ3v) is 5.53. The van der Waals surface area contributed by atoms with Gasteiger partial charge in [0.1, 0.15) is 0 Å². The number of hydrogen-bond acceptors (Lipinski definition) is 4. The third kappa shape index (κ3) is 4.38. The van der Waals surface area contributed by atoms with Crippen LogP contribution in [0.2, 0.25) is 0 Å². The molecule has 1 unspecified atom stereocenters. The maximum absolute atomic E-state index is 12.3. The summed E-state index contributed by atoms with van der Waals surface area (Å²) in [5, 5.41) is 0. The zero-order valence-electron chi connectivity index (χ0n) is 12.7. The summed E-state index contributed by atoms with van der Waals surface area (Å²) < 4.78 is 34.0. The minimum absolute atomic E-state index is 0.0559. The summed E-state index contributed by atoms with van der Waals surface area (Å²) in [6.07, 6.45) is 1.60. The number of nitrogens with zero attached hydrogens (tertiary/aromatic N) is 2. The van der Waals surface area contributed by atoms with Crippen molar-refractivity contribution in [2.24, 2.45) is 5.92 Å². The van der Waals surface area contributed by atoms with E-state index in [9.17, 15) is 13.2 Å². The summed E-state index contributed by atoms with van der Waals surface area (Å²) in [7, 11) is -3.49. The van der Waals surface area contributed by atoms with Gasteiger partial charge in [-0.2, -0.15) is 17.4 Å². The quantitative estimate of drug-likeness (QED) is 0.778. The summed E-state index contributed by atoms with van der Waals surface area (Å²) in [6.45, 7) is 6.54. The fourth-order valence-corrected chi connectivity index (χ4v) is 4.10. The summed E-state index contributed by atoms with van der Waals surface area (Å²) >= 11 is 0. The lowest BCUT2D eigenvalue weighted by Crippen LogP contribution is -2.55. The van der Waals surface area contributed by atoms with Crippen LogP contribution in [0.25, 0.3) is 0 Å². The highest BCUT2D eigenvalue weighted by molar-refractivity contribution is 7.87. The molecule has 1 atom stereocenters. The molecule has 0 saturated carbocycles. The Morgan fingerprint density at radius 2 is 1.90 bits per heavy atom. The number of nitrogens with one attached hydrogen (secondary N) is 1. The first-order valence-electron chi connectivity index (χ1n) is 7.54. The first-order chi connectivity index (χ1) is 9.90. The van der Waals surface area contributed by atoms with Crippen molar-refractivity contribution in [2.45, 2.75) is 32.7 Å². The summed E-state index contributed by atoms with van der Waals surface area (Å²) in [5.74, 6) is 0.0323. The van der Waals surface area contributed by atoms with Crippen LogP contribution in [0.1, 0.15) is 26.7 Å². The molecule has 0 aromatic carbocycles. The lowest BCUT2D eigenvalue weighted by molar-refractivity contribution is -0.135. The smallest absolute Gasteiger partial charge is 0.279 e. The van der Waals surface area contributed by atoms with E-state index >= 15 is 0 Å². The van der Waals surface area contributed by atoms with Crippen LogP contribution in [0.3, 0.4) is 0 Å². The molecule has 0 spiro atoms. The van der Waals surface area contributed by atoms with Crippen molar-refractivity contribution in [3.63, 3.8) is 0 Å². The van der Waals surface area contributed by atoms with Gasteiger partial charge in [0.25, 0.3) is 10.2 Å². The van der Waals surface area contributed by atoms with Gasteiger partial charge in [0, 0.05) is 38.1 Å². The van der Waals surface area contributed by atoms with E-state index in [1.54, 1.807) is 4.90 Å². The molecule has 0 aliphatic carbocycles. The summed E-state index contributed by atoms with van der Waals surface area (Å²) in [4.78, 5) is 13.8. The average Bonchev–Trinajstić information content (AvgIpc) is 2.47. The van der Waals surface area contributed by atoms with Crippen LogP contribution in [-0.4, -0.2) is 69.0 Å². The molecule has 21 heavy (non-hydrogen) atoms. The van der Waals surface area contributed by atoms with Gasteiger partial charge >= 0.3 is 0 Å². The molecule has 0 aromatic rings. The Morgan fingerprint density at radius 1 is 1.24 bits per heavy atom. The van der Waals surface area contributed by atoms with Crippen molar-refractivity contribution in [3.05, 3.63) is 0 Å². The minimum Gasteiger partial charge on any atom is -0.379 e. The van der Waals surface area contributed by atoms with Crippen LogP contribution in [0, 0.1) is 5.92 Å². The maximum atomic E-state index is 12.3. The number of hydrogen-bond donors (Lipinski definition) is 1. The predicted octanol–water partition coefficient (Wildman–Crippen LogP) is -0.200. The zero-order chi connectivity index (χ0) is 15.5. The van der Waals surface area contributed by atoms with E-state index in [-0.39, 0.29) is 17.9 Å². The van der Waals surface area contributed by atoms with E-state index in [2.05, 4.69) is 4.72 Å². The molecule has 2 heterocycles. The highest BCUT2D eigenvalue weighted by Gasteiger charge is 2.31. The van der Waals surface area contributed by atoms with Crippen molar-refractivity contribution < 1.29 is 17.9 Å². The van der Waals surface area contributed by atoms with Gasteiger partial charge < -0.3 is 9.64 Å². The first-order valence-corrected chi connectivity index (χ1v) is 8.98. The monoisotopic (exact) mass is 319 g/mol. The van der Waals surface area contributed by atoms with Gasteiger partial charge in [-0.25, -0.2) is 0 Å². The zero-order valence-corrected chi connectivity index (χ0v) is 13.6. The molecule has 122 valence electrons. The second-order valence-electron chi connectivity index (χ2n) is 5.91. The molecule has 1 N–H and O–H groups in total. The van der Waals surface area contributed by atoms with E-state index in [0.717, 1.165) is 12.8 Å². The molecule has 0 bridgehead atoms. The van der Waals surface area contributed by atoms with Crippen LogP contribution < -0.4 is 4.72 Å². The Bertz CT molecular complexity index is 460. The lowest BCUT2D eigenvalue weighted by Gasteiger charge is -2.35. The number of ether oxygens (including phenoxy) is 1. The van der Waals surface area contributed by atoms with Crippen LogP contribution in [0.5, 0.6) is 0 Å². The molecular weight excluding hydrogens is 294 g/mol. The van der Waals surface area contributed by atoms with Gasteiger partial charge in [0.05, 0.1) is 13.2 Å². The number of morpholine rings is 1. The van der Waals surface area contributed by atoms with E-state index in [4.69, 9.17) is 4.74 Å². The number of amides is 1. The maximum Gasteiger partial charge on any atom is 0.279 e. The van der Waals surface area contributed by atoms with E-state index in [1.807, 2.05) is 13.8 Å². The van der Waals surface area contributed by atoms with Crippen LogP contribution in [0.4, 0.5) is 0 Å². The van der Waals surface area contributed by atoms with Crippen molar-refractivity contribution >= 4 is 16.1 Å². The molecule has 0 radical (unpaired) electrons. The Labute approximate surface area is 126 Å². The fourth-order valence-electron chi connectivity index (χ4n) is 2.71. The van der Waals surface area contributed by atoms with E-state index in [1.165, 1.54) is 4.31 Å². The molecule has 2 aliphatic heterocycles. The van der Waals surface area contributed by atoms with Crippen molar-refractivity contribution in [2.75, 3.05) is 39.4 Å². The van der Waals surface area contributed by atoms with E-state index in [0.29, 0.717) is 39.4 Å². The van der Waals surface area contributed by atoms with Gasteiger partial charge in [-0.05, 0) is 12.8 Å². The van der Waals surface area contributed by atoms with Crippen LogP contribution >= 0.6 is 0 Å². The number of likely N-dealkylation sites (tertiary alicyclic amines) is 1. The standard InChI is InChI=1S/C13H25N3O4S/c1-11(2)13(17)15-5-3-4-12(10-15)14-21(18,19)16-6-8-20-9-7-16/h11-12,14H,3-10H2,1-2H3. The number of carbonyl (C=O) groups is 1. The fraction of sp³-hybridized carbons (Fsp3) is 0.923. The van der Waals surface area contributed by atoms with E-state index < -0.39 is 10.2 Å². The Hall–Kier alpha value is -0.700. The van der Waals surface area contributed by atoms with Crippen molar-refractivity contribution in [1.82, 2.24) is 13.9 Å². The number of carbonyl (C=O) groups excluding carboxylic acids is 1. The van der Waals surface area contributed by atoms with Crippen LogP contribution in [-0.2, 0) is 19.7 Å². The molecule has 1 amide bonds. The second-order valence-corrected chi connectivity index (χ2v) is 7.61. The second kappa shape index (κ2) is 7.04. The molecule has 2 rings (SSSR count). The predicted molar refractivity (Wildman–Crippen MR) is 78.9 cm³/mol. The number of rotatable bonds is 4. The average molecular weight is 319 g/mol. The van der Waals surface area contributed by atoms with Gasteiger partial charge in [-0.15, -0.1) is 0 Å². The molecule has 0 aromatic heterocycles. The molecule has 2 fully saturated rings. The minimum atomic E-state index is -3.49. The molecule has 8 heteroatoms. The highest BCUT2D eigenvalue weighted by atomic mass is 32.2. The molecule has 2 aliphatic rings. The van der Waals surface area contributed by atoms with Gasteiger partial charge in [0.2, 0.25) is 5.91 Å².